The van der Waals surface area contributed by atoms with Gasteiger partial charge in [-0.15, -0.1) is 0 Å². The van der Waals surface area contributed by atoms with Crippen molar-refractivity contribution in [1.29, 1.82) is 0 Å². The Bertz CT molecular complexity index is 1130. The number of rotatable bonds is 7. The van der Waals surface area contributed by atoms with E-state index in [1.165, 1.54) is 12.1 Å². The molecule has 2 atom stereocenters. The monoisotopic (exact) mass is 527 g/mol. The zero-order valence-electron chi connectivity index (χ0n) is 19.5. The summed E-state index contributed by atoms with van der Waals surface area (Å²) in [6.07, 6.45) is -10.9. The van der Waals surface area contributed by atoms with Gasteiger partial charge in [0, 0.05) is 13.1 Å². The third kappa shape index (κ3) is 7.09. The van der Waals surface area contributed by atoms with E-state index in [9.17, 15) is 30.7 Å². The van der Waals surface area contributed by atoms with Crippen molar-refractivity contribution >= 4 is 0 Å². The first-order valence-electron chi connectivity index (χ1n) is 11.6. The molecule has 198 valence electrons. The first-order valence-corrected chi connectivity index (χ1v) is 11.6. The van der Waals surface area contributed by atoms with Crippen LogP contribution in [0, 0.1) is 5.82 Å². The Hall–Kier alpha value is -2.95. The number of benzene rings is 3. The molecular weight excluding hydrogens is 503 g/mol. The smallest absolute Gasteiger partial charge is 0.350 e. The molecule has 10 heteroatoms. The molecule has 0 N–H and O–H groups in total. The maximum Gasteiger partial charge on any atom is 0.416 e. The maximum atomic E-state index is 13.6. The molecule has 3 nitrogen and oxygen atoms in total. The van der Waals surface area contributed by atoms with Crippen molar-refractivity contribution in [3.63, 3.8) is 0 Å². The molecule has 1 heterocycles. The third-order valence-corrected chi connectivity index (χ3v) is 6.07. The summed E-state index contributed by atoms with van der Waals surface area (Å²) in [6.45, 7) is 1.20. The van der Waals surface area contributed by atoms with Gasteiger partial charge in [-0.25, -0.2) is 4.39 Å². The molecule has 1 fully saturated rings. The molecule has 0 unspecified atom stereocenters. The highest BCUT2D eigenvalue weighted by Crippen LogP contribution is 2.37. The molecule has 0 saturated carbocycles. The van der Waals surface area contributed by atoms with Crippen molar-refractivity contribution in [3.05, 3.63) is 106 Å². The number of hydrogen-bond donors (Lipinski definition) is 0. The second kappa shape index (κ2) is 11.2. The highest BCUT2D eigenvalue weighted by atomic mass is 19.4. The largest absolute Gasteiger partial charge is 0.416 e. The lowest BCUT2D eigenvalue weighted by Gasteiger charge is -2.41. The summed E-state index contributed by atoms with van der Waals surface area (Å²) in [5.41, 5.74) is -1.16. The summed E-state index contributed by atoms with van der Waals surface area (Å²) in [4.78, 5) is 2.09. The SMILES string of the molecule is Fc1ccc([C@H]2[C@H](OCCc3cc(C(F)(F)F)cc(C(F)(F)F)c3)OCCN2Cc2ccccc2)cc1. The molecule has 0 aliphatic carbocycles. The average Bonchev–Trinajstić information content (AvgIpc) is 2.84. The molecule has 0 radical (unpaired) electrons. The zero-order chi connectivity index (χ0) is 26.6. The van der Waals surface area contributed by atoms with Gasteiger partial charge in [-0.2, -0.15) is 26.3 Å². The minimum atomic E-state index is -4.92. The normalized spacial score (nSPS) is 19.2. The second-order valence-electron chi connectivity index (χ2n) is 8.73. The summed E-state index contributed by atoms with van der Waals surface area (Å²) in [5.74, 6) is -0.419. The van der Waals surface area contributed by atoms with E-state index in [0.717, 1.165) is 5.56 Å². The van der Waals surface area contributed by atoms with Gasteiger partial charge >= 0.3 is 12.4 Å². The van der Waals surface area contributed by atoms with Gasteiger partial charge in [-0.05, 0) is 53.4 Å². The highest BCUT2D eigenvalue weighted by Gasteiger charge is 2.37. The second-order valence-corrected chi connectivity index (χ2v) is 8.73. The molecule has 1 aliphatic rings. The van der Waals surface area contributed by atoms with E-state index in [1.807, 2.05) is 30.3 Å². The van der Waals surface area contributed by atoms with Crippen LogP contribution < -0.4 is 0 Å². The number of halogens is 7. The van der Waals surface area contributed by atoms with Crippen LogP contribution in [0.15, 0.2) is 72.8 Å². The lowest BCUT2D eigenvalue weighted by atomic mass is 10.0. The van der Waals surface area contributed by atoms with Gasteiger partial charge in [0.1, 0.15) is 5.82 Å². The van der Waals surface area contributed by atoms with Gasteiger partial charge in [-0.1, -0.05) is 42.5 Å². The van der Waals surface area contributed by atoms with Crippen LogP contribution in [-0.4, -0.2) is 30.9 Å². The van der Waals surface area contributed by atoms with E-state index in [0.29, 0.717) is 37.4 Å². The van der Waals surface area contributed by atoms with Crippen LogP contribution in [0.5, 0.6) is 0 Å². The van der Waals surface area contributed by atoms with Gasteiger partial charge in [0.2, 0.25) is 0 Å². The van der Waals surface area contributed by atoms with Crippen LogP contribution in [-0.2, 0) is 34.8 Å². The molecule has 0 spiro atoms. The minimum Gasteiger partial charge on any atom is -0.350 e. The summed E-state index contributed by atoms with van der Waals surface area (Å²) >= 11 is 0. The molecule has 0 aromatic heterocycles. The first-order chi connectivity index (χ1) is 17.5. The molecule has 1 aliphatic heterocycles. The summed E-state index contributed by atoms with van der Waals surface area (Å²) < 4.78 is 104. The van der Waals surface area contributed by atoms with Crippen LogP contribution >= 0.6 is 0 Å². The highest BCUT2D eigenvalue weighted by molar-refractivity contribution is 5.34. The number of hydrogen-bond acceptors (Lipinski definition) is 3. The molecule has 1 saturated heterocycles. The number of ether oxygens (including phenoxy) is 2. The quantitative estimate of drug-likeness (QED) is 0.308. The van der Waals surface area contributed by atoms with Crippen molar-refractivity contribution in [2.45, 2.75) is 37.7 Å². The van der Waals surface area contributed by atoms with Crippen molar-refractivity contribution in [2.24, 2.45) is 0 Å². The van der Waals surface area contributed by atoms with E-state index >= 15 is 0 Å². The van der Waals surface area contributed by atoms with Gasteiger partial charge in [0.15, 0.2) is 6.29 Å². The van der Waals surface area contributed by atoms with Gasteiger partial charge in [0.05, 0.1) is 30.4 Å². The van der Waals surface area contributed by atoms with Crippen LogP contribution in [0.3, 0.4) is 0 Å². The van der Waals surface area contributed by atoms with Crippen molar-refractivity contribution in [1.82, 2.24) is 4.90 Å². The molecule has 4 rings (SSSR count). The predicted octanol–water partition coefficient (Wildman–Crippen LogP) is 7.02. The van der Waals surface area contributed by atoms with Crippen molar-refractivity contribution < 1.29 is 40.2 Å². The fraction of sp³-hybridized carbons (Fsp3) is 0.333. The lowest BCUT2D eigenvalue weighted by molar-refractivity contribution is -0.212. The maximum absolute atomic E-state index is 13.6. The number of nitrogens with zero attached hydrogens (tertiary/aromatic N) is 1. The topological polar surface area (TPSA) is 21.7 Å². The van der Waals surface area contributed by atoms with Crippen LogP contribution in [0.25, 0.3) is 0 Å². The summed E-state index contributed by atoms with van der Waals surface area (Å²) in [7, 11) is 0. The lowest BCUT2D eigenvalue weighted by Crippen LogP contribution is -2.46. The number of morpholine rings is 1. The van der Waals surface area contributed by atoms with Gasteiger partial charge < -0.3 is 9.47 Å². The summed E-state index contributed by atoms with van der Waals surface area (Å²) in [6, 6.07) is 16.5. The Kier molecular flexibility index (Phi) is 8.20. The van der Waals surface area contributed by atoms with E-state index in [4.69, 9.17) is 9.47 Å². The Morgan fingerprint density at radius 1 is 0.811 bits per heavy atom. The molecule has 37 heavy (non-hydrogen) atoms. The third-order valence-electron chi connectivity index (χ3n) is 6.07. The standard InChI is InChI=1S/C27H24F7NO2/c28-23-8-6-20(7-9-23)24-25(37-13-11-35(24)17-18-4-2-1-3-5-18)36-12-10-19-14-21(26(29,30)31)16-22(15-19)27(32,33)34/h1-9,14-16,24-25H,10-13,17H2/t24-,25+/m0/s1. The molecule has 3 aromatic carbocycles. The Balaban J connectivity index is 1.53. The Morgan fingerprint density at radius 3 is 2.03 bits per heavy atom. The minimum absolute atomic E-state index is 0.0978. The molecule has 3 aromatic rings. The molecule has 0 amide bonds. The van der Waals surface area contributed by atoms with E-state index in [1.54, 1.807) is 12.1 Å². The fourth-order valence-electron chi connectivity index (χ4n) is 4.31. The number of alkyl halides is 6. The predicted molar refractivity (Wildman–Crippen MR) is 122 cm³/mol. The average molecular weight is 527 g/mol. The molecule has 0 bridgehead atoms. The fourth-order valence-corrected chi connectivity index (χ4v) is 4.31. The van der Waals surface area contributed by atoms with Crippen molar-refractivity contribution in [3.8, 4) is 0 Å². The zero-order valence-corrected chi connectivity index (χ0v) is 19.5. The van der Waals surface area contributed by atoms with Crippen LogP contribution in [0.1, 0.15) is 33.9 Å². The van der Waals surface area contributed by atoms with Crippen LogP contribution in [0.2, 0.25) is 0 Å². The van der Waals surface area contributed by atoms with Gasteiger partial charge in [-0.3, -0.25) is 4.90 Å². The first kappa shape index (κ1) is 27.1. The van der Waals surface area contributed by atoms with E-state index < -0.39 is 41.6 Å². The Labute approximate surface area is 209 Å². The van der Waals surface area contributed by atoms with E-state index in [2.05, 4.69) is 4.90 Å². The summed E-state index contributed by atoms with van der Waals surface area (Å²) in [5, 5.41) is 0. The van der Waals surface area contributed by atoms with Crippen molar-refractivity contribution in [2.75, 3.05) is 19.8 Å². The van der Waals surface area contributed by atoms with E-state index in [-0.39, 0.29) is 24.7 Å². The molecular formula is C27H24F7NO2. The van der Waals surface area contributed by atoms with Crippen LogP contribution in [0.4, 0.5) is 30.7 Å². The Morgan fingerprint density at radius 2 is 1.43 bits per heavy atom. The van der Waals surface area contributed by atoms with Gasteiger partial charge in [0.25, 0.3) is 0 Å².